The Balaban J connectivity index is 4.46. The standard InChI is InChI=1S/C59H98O6/c1-4-7-10-13-16-19-22-25-27-29-30-31-33-34-37-40-43-46-49-52-58(61)64-55-56(54-63-57(60)51-48-45-42-39-36-24-21-18-15-12-9-6-3)65-59(62)53-50-47-44-41-38-35-32-28-26-23-20-17-14-11-8-5-2/h7-8,10-11,16-17,19-20,25-28,30-31,34,37,56H,4-6,9,12-15,18,21-24,29,32-33,35-36,38-55H2,1-3H3/b10-7-,11-8-,19-16-,20-17-,27-25-,28-26-,31-30-,37-34-. The number of rotatable bonds is 47. The average Bonchev–Trinajstić information content (AvgIpc) is 3.30. The smallest absolute Gasteiger partial charge is 0.306 e. The summed E-state index contributed by atoms with van der Waals surface area (Å²) in [6, 6.07) is 0. The molecule has 0 bridgehead atoms. The van der Waals surface area contributed by atoms with Gasteiger partial charge in [0, 0.05) is 19.3 Å². The van der Waals surface area contributed by atoms with Gasteiger partial charge in [0.05, 0.1) is 0 Å². The highest BCUT2D eigenvalue weighted by Gasteiger charge is 2.19. The second kappa shape index (κ2) is 52.9. The largest absolute Gasteiger partial charge is 0.462 e. The van der Waals surface area contributed by atoms with E-state index in [4.69, 9.17) is 14.2 Å². The predicted molar refractivity (Wildman–Crippen MR) is 279 cm³/mol. The minimum absolute atomic E-state index is 0.0929. The van der Waals surface area contributed by atoms with Gasteiger partial charge in [-0.15, -0.1) is 0 Å². The molecule has 0 aromatic carbocycles. The van der Waals surface area contributed by atoms with E-state index in [1.54, 1.807) is 0 Å². The second-order valence-corrected chi connectivity index (χ2v) is 17.4. The minimum Gasteiger partial charge on any atom is -0.462 e. The average molecular weight is 903 g/mol. The number of carbonyl (C=O) groups excluding carboxylic acids is 3. The van der Waals surface area contributed by atoms with Gasteiger partial charge in [-0.1, -0.05) is 221 Å². The van der Waals surface area contributed by atoms with Crippen LogP contribution in [0.2, 0.25) is 0 Å². The number of carbonyl (C=O) groups is 3. The van der Waals surface area contributed by atoms with E-state index < -0.39 is 6.10 Å². The number of unbranched alkanes of at least 4 members (excludes halogenated alkanes) is 20. The van der Waals surface area contributed by atoms with E-state index in [2.05, 4.69) is 118 Å². The molecule has 6 nitrogen and oxygen atoms in total. The summed E-state index contributed by atoms with van der Waals surface area (Å²) in [5.41, 5.74) is 0. The van der Waals surface area contributed by atoms with Crippen molar-refractivity contribution in [1.82, 2.24) is 0 Å². The van der Waals surface area contributed by atoms with Crippen LogP contribution in [0, 0.1) is 0 Å². The summed E-state index contributed by atoms with van der Waals surface area (Å²) in [7, 11) is 0. The maximum absolute atomic E-state index is 12.8. The van der Waals surface area contributed by atoms with Crippen molar-refractivity contribution in [3.63, 3.8) is 0 Å². The number of hydrogen-bond acceptors (Lipinski definition) is 6. The SMILES string of the molecule is CC/C=C\C/C=C\C/C=C\C/C=C\C/C=C\CCCCCC(=O)OCC(COC(=O)CCCCCCCCCCCCCC)OC(=O)CCCCCCCC/C=C\C/C=C\C/C=C\CC. The van der Waals surface area contributed by atoms with Gasteiger partial charge in [0.1, 0.15) is 13.2 Å². The molecule has 370 valence electrons. The summed E-state index contributed by atoms with van der Waals surface area (Å²) in [5.74, 6) is -0.940. The molecule has 0 fully saturated rings. The molecular weight excluding hydrogens is 805 g/mol. The van der Waals surface area contributed by atoms with Gasteiger partial charge in [-0.05, 0) is 96.3 Å². The third-order valence-corrected chi connectivity index (χ3v) is 11.1. The maximum Gasteiger partial charge on any atom is 0.306 e. The van der Waals surface area contributed by atoms with Crippen molar-refractivity contribution in [2.75, 3.05) is 13.2 Å². The Labute approximate surface area is 400 Å². The highest BCUT2D eigenvalue weighted by molar-refractivity contribution is 5.71. The lowest BCUT2D eigenvalue weighted by Gasteiger charge is -2.18. The zero-order valence-electron chi connectivity index (χ0n) is 42.2. The first-order valence-corrected chi connectivity index (χ1v) is 26.7. The summed E-state index contributed by atoms with van der Waals surface area (Å²) in [5, 5.41) is 0. The Hall–Kier alpha value is -3.67. The van der Waals surface area contributed by atoms with Crippen molar-refractivity contribution in [3.8, 4) is 0 Å². The van der Waals surface area contributed by atoms with E-state index >= 15 is 0 Å². The number of allylic oxidation sites excluding steroid dienone is 16. The maximum atomic E-state index is 12.8. The van der Waals surface area contributed by atoms with Gasteiger partial charge < -0.3 is 14.2 Å². The fourth-order valence-corrected chi connectivity index (χ4v) is 7.13. The molecule has 0 aromatic heterocycles. The molecule has 0 aliphatic carbocycles. The minimum atomic E-state index is -0.797. The van der Waals surface area contributed by atoms with Crippen LogP contribution in [0.5, 0.6) is 0 Å². The Morgan fingerprint density at radius 2 is 0.600 bits per heavy atom. The van der Waals surface area contributed by atoms with E-state index in [-0.39, 0.29) is 31.1 Å². The Kier molecular flexibility index (Phi) is 50.0. The molecule has 0 aromatic rings. The lowest BCUT2D eigenvalue weighted by molar-refractivity contribution is -0.167. The van der Waals surface area contributed by atoms with Crippen molar-refractivity contribution in [2.45, 2.75) is 245 Å². The molecule has 1 unspecified atom stereocenters. The molecule has 1 atom stereocenters. The van der Waals surface area contributed by atoms with Crippen LogP contribution in [-0.2, 0) is 28.6 Å². The Bertz CT molecular complexity index is 1310. The molecule has 0 aliphatic heterocycles. The first-order chi connectivity index (χ1) is 32.0. The number of esters is 3. The topological polar surface area (TPSA) is 78.9 Å². The number of hydrogen-bond donors (Lipinski definition) is 0. The first-order valence-electron chi connectivity index (χ1n) is 26.7. The van der Waals surface area contributed by atoms with E-state index in [1.807, 2.05) is 0 Å². The molecule has 0 radical (unpaired) electrons. The van der Waals surface area contributed by atoms with Crippen molar-refractivity contribution in [1.29, 1.82) is 0 Å². The van der Waals surface area contributed by atoms with Crippen LogP contribution >= 0.6 is 0 Å². The van der Waals surface area contributed by atoms with E-state index in [0.717, 1.165) is 128 Å². The molecule has 0 amide bonds. The zero-order chi connectivity index (χ0) is 47.2. The van der Waals surface area contributed by atoms with Crippen LogP contribution in [0.1, 0.15) is 239 Å². The summed E-state index contributed by atoms with van der Waals surface area (Å²) >= 11 is 0. The van der Waals surface area contributed by atoms with Gasteiger partial charge in [0.25, 0.3) is 0 Å². The normalized spacial score (nSPS) is 12.8. The van der Waals surface area contributed by atoms with Crippen molar-refractivity contribution >= 4 is 17.9 Å². The zero-order valence-corrected chi connectivity index (χ0v) is 42.2. The van der Waals surface area contributed by atoms with Crippen LogP contribution in [-0.4, -0.2) is 37.2 Å². The van der Waals surface area contributed by atoms with Crippen LogP contribution in [0.15, 0.2) is 97.2 Å². The fraction of sp³-hybridized carbons (Fsp3) is 0.678. The number of ether oxygens (including phenoxy) is 3. The van der Waals surface area contributed by atoms with Crippen molar-refractivity contribution < 1.29 is 28.6 Å². The lowest BCUT2D eigenvalue weighted by Crippen LogP contribution is -2.30. The van der Waals surface area contributed by atoms with E-state index in [1.165, 1.54) is 70.6 Å². The molecule has 0 saturated carbocycles. The van der Waals surface area contributed by atoms with E-state index in [0.29, 0.717) is 19.3 Å². The highest BCUT2D eigenvalue weighted by Crippen LogP contribution is 2.14. The molecule has 0 spiro atoms. The molecule has 0 saturated heterocycles. The van der Waals surface area contributed by atoms with Crippen LogP contribution in [0.25, 0.3) is 0 Å². The lowest BCUT2D eigenvalue weighted by atomic mass is 10.0. The molecule has 0 N–H and O–H groups in total. The fourth-order valence-electron chi connectivity index (χ4n) is 7.13. The van der Waals surface area contributed by atoms with Gasteiger partial charge in [-0.2, -0.15) is 0 Å². The van der Waals surface area contributed by atoms with Gasteiger partial charge in [0.2, 0.25) is 0 Å². The van der Waals surface area contributed by atoms with Gasteiger partial charge in [-0.25, -0.2) is 0 Å². The van der Waals surface area contributed by atoms with Crippen LogP contribution in [0.3, 0.4) is 0 Å². The third-order valence-electron chi connectivity index (χ3n) is 11.1. The summed E-state index contributed by atoms with van der Waals surface area (Å²) in [6.45, 7) is 6.37. The Morgan fingerprint density at radius 1 is 0.323 bits per heavy atom. The predicted octanol–water partition coefficient (Wildman–Crippen LogP) is 17.8. The third kappa shape index (κ3) is 51.2. The summed E-state index contributed by atoms with van der Waals surface area (Å²) in [4.78, 5) is 38.0. The second-order valence-electron chi connectivity index (χ2n) is 17.4. The van der Waals surface area contributed by atoms with Gasteiger partial charge >= 0.3 is 17.9 Å². The van der Waals surface area contributed by atoms with Crippen molar-refractivity contribution in [2.24, 2.45) is 0 Å². The summed E-state index contributed by atoms with van der Waals surface area (Å²) < 4.78 is 16.8. The Morgan fingerprint density at radius 3 is 0.954 bits per heavy atom. The summed E-state index contributed by atoms with van der Waals surface area (Å²) in [6.07, 6.45) is 69.6. The van der Waals surface area contributed by atoms with Crippen LogP contribution < -0.4 is 0 Å². The first kappa shape index (κ1) is 61.3. The van der Waals surface area contributed by atoms with E-state index in [9.17, 15) is 14.4 Å². The quantitative estimate of drug-likeness (QED) is 0.0262. The molecule has 65 heavy (non-hydrogen) atoms. The highest BCUT2D eigenvalue weighted by atomic mass is 16.6. The van der Waals surface area contributed by atoms with Gasteiger partial charge in [-0.3, -0.25) is 14.4 Å². The van der Waals surface area contributed by atoms with Crippen LogP contribution in [0.4, 0.5) is 0 Å². The molecule has 0 rings (SSSR count). The molecule has 0 heterocycles. The van der Waals surface area contributed by atoms with Crippen molar-refractivity contribution in [3.05, 3.63) is 97.2 Å². The molecular formula is C59H98O6. The monoisotopic (exact) mass is 903 g/mol. The van der Waals surface area contributed by atoms with Gasteiger partial charge in [0.15, 0.2) is 6.10 Å². The molecule has 6 heteroatoms. The molecule has 0 aliphatic rings.